The Hall–Kier alpha value is -3.17. The van der Waals surface area contributed by atoms with Gasteiger partial charge in [0.1, 0.15) is 10.6 Å². The molecule has 1 saturated carbocycles. The minimum absolute atomic E-state index is 0.0739. The summed E-state index contributed by atoms with van der Waals surface area (Å²) in [5.74, 6) is 0.450. The van der Waals surface area contributed by atoms with Crippen molar-refractivity contribution in [2.24, 2.45) is 5.73 Å². The van der Waals surface area contributed by atoms with Gasteiger partial charge in [0.25, 0.3) is 0 Å². The van der Waals surface area contributed by atoms with Crippen LogP contribution in [0.1, 0.15) is 18.5 Å². The Bertz CT molecular complexity index is 1240. The molecule has 154 valence electrons. The predicted molar refractivity (Wildman–Crippen MR) is 115 cm³/mol. The normalized spacial score (nSPS) is 14.8. The molecule has 1 fully saturated rings. The van der Waals surface area contributed by atoms with Gasteiger partial charge in [-0.2, -0.15) is 0 Å². The van der Waals surface area contributed by atoms with Gasteiger partial charge in [-0.3, -0.25) is 0 Å². The summed E-state index contributed by atoms with van der Waals surface area (Å²) >= 11 is 6.16. The first kappa shape index (κ1) is 20.1. The van der Waals surface area contributed by atoms with Gasteiger partial charge in [0.15, 0.2) is 15.7 Å². The topological polar surface area (TPSA) is 141 Å². The lowest BCUT2D eigenvalue weighted by molar-refractivity contribution is 0.259. The van der Waals surface area contributed by atoms with E-state index in [1.54, 1.807) is 42.5 Å². The molecule has 1 aromatic heterocycles. The summed E-state index contributed by atoms with van der Waals surface area (Å²) in [7, 11) is -3.79. The molecule has 5 N–H and O–H groups in total. The second kappa shape index (κ2) is 7.26. The molecule has 0 saturated heterocycles. The largest absolute Gasteiger partial charge is 0.384 e. The Labute approximate surface area is 178 Å². The van der Waals surface area contributed by atoms with Gasteiger partial charge in [-0.25, -0.2) is 23.2 Å². The van der Waals surface area contributed by atoms with E-state index in [0.29, 0.717) is 29.8 Å². The number of benzene rings is 2. The van der Waals surface area contributed by atoms with Crippen LogP contribution in [0.4, 0.5) is 16.3 Å². The van der Waals surface area contributed by atoms with Crippen molar-refractivity contribution in [3.63, 3.8) is 0 Å². The number of nitrogens with two attached hydrogens (primary N) is 2. The maximum Gasteiger partial charge on any atom is 0.316 e. The summed E-state index contributed by atoms with van der Waals surface area (Å²) in [5, 5.41) is 2.64. The van der Waals surface area contributed by atoms with Crippen LogP contribution in [0.25, 0.3) is 11.4 Å². The summed E-state index contributed by atoms with van der Waals surface area (Å²) in [6.07, 6.45) is 0.829. The molecule has 1 aliphatic rings. The van der Waals surface area contributed by atoms with E-state index in [1.807, 2.05) is 0 Å². The molecular weight excluding hydrogens is 426 g/mol. The number of rotatable bonds is 5. The predicted octanol–water partition coefficient (Wildman–Crippen LogP) is 3.33. The van der Waals surface area contributed by atoms with Crippen molar-refractivity contribution >= 4 is 39.0 Å². The monoisotopic (exact) mass is 443 g/mol. The van der Waals surface area contributed by atoms with Crippen LogP contribution in [-0.2, 0) is 14.6 Å². The van der Waals surface area contributed by atoms with E-state index in [4.69, 9.17) is 23.1 Å². The molecule has 30 heavy (non-hydrogen) atoms. The zero-order valence-corrected chi connectivity index (χ0v) is 17.2. The third-order valence-electron chi connectivity index (χ3n) is 4.97. The summed E-state index contributed by atoms with van der Waals surface area (Å²) in [6.45, 7) is 0. The van der Waals surface area contributed by atoms with Gasteiger partial charge in [-0.05, 0) is 49.2 Å². The first-order valence-electron chi connectivity index (χ1n) is 9.04. The molecular formula is C20H18ClN5O3S. The first-order valence-corrected chi connectivity index (χ1v) is 10.9. The van der Waals surface area contributed by atoms with E-state index in [2.05, 4.69) is 15.3 Å². The zero-order chi connectivity index (χ0) is 21.5. The van der Waals surface area contributed by atoms with Crippen molar-refractivity contribution in [2.75, 3.05) is 11.1 Å². The van der Waals surface area contributed by atoms with Crippen molar-refractivity contribution in [3.8, 4) is 11.4 Å². The van der Waals surface area contributed by atoms with E-state index < -0.39 is 20.6 Å². The number of sulfone groups is 1. The van der Waals surface area contributed by atoms with Crippen LogP contribution < -0.4 is 16.8 Å². The van der Waals surface area contributed by atoms with Crippen molar-refractivity contribution in [1.82, 2.24) is 9.97 Å². The SMILES string of the molecule is NC(=O)Nc1ccc(-c2nc(N)cc(C3(S(=O)(=O)c4ccccc4Cl)CC3)n2)cc1. The third kappa shape index (κ3) is 3.46. The highest BCUT2D eigenvalue weighted by molar-refractivity contribution is 7.92. The third-order valence-corrected chi connectivity index (χ3v) is 7.99. The fourth-order valence-electron chi connectivity index (χ4n) is 3.32. The number of amides is 2. The van der Waals surface area contributed by atoms with E-state index in [9.17, 15) is 13.2 Å². The van der Waals surface area contributed by atoms with Crippen LogP contribution in [0.2, 0.25) is 5.02 Å². The number of aromatic nitrogens is 2. The molecule has 0 bridgehead atoms. The number of urea groups is 1. The Morgan fingerprint density at radius 2 is 1.73 bits per heavy atom. The number of nitrogens with zero attached hydrogens (tertiary/aromatic N) is 2. The van der Waals surface area contributed by atoms with Crippen LogP contribution in [0.5, 0.6) is 0 Å². The molecule has 3 aromatic rings. The second-order valence-electron chi connectivity index (χ2n) is 7.00. The Morgan fingerprint density at radius 1 is 1.07 bits per heavy atom. The molecule has 0 spiro atoms. The average Bonchev–Trinajstić information content (AvgIpc) is 3.50. The number of nitrogen functional groups attached to an aromatic ring is 1. The fraction of sp³-hybridized carbons (Fsp3) is 0.150. The van der Waals surface area contributed by atoms with Gasteiger partial charge < -0.3 is 16.8 Å². The average molecular weight is 444 g/mol. The van der Waals surface area contributed by atoms with Crippen molar-refractivity contribution < 1.29 is 13.2 Å². The summed E-state index contributed by atoms with van der Waals surface area (Å²) in [6, 6.07) is 13.8. The first-order chi connectivity index (χ1) is 14.2. The van der Waals surface area contributed by atoms with Crippen LogP contribution in [0.15, 0.2) is 59.5 Å². The summed E-state index contributed by atoms with van der Waals surface area (Å²) in [5.41, 5.74) is 12.6. The Balaban J connectivity index is 1.75. The highest BCUT2D eigenvalue weighted by atomic mass is 35.5. The minimum Gasteiger partial charge on any atom is -0.384 e. The number of carbonyl (C=O) groups is 1. The Kier molecular flexibility index (Phi) is 4.87. The van der Waals surface area contributed by atoms with Gasteiger partial charge >= 0.3 is 6.03 Å². The highest BCUT2D eigenvalue weighted by Gasteiger charge is 2.58. The number of hydrogen-bond donors (Lipinski definition) is 3. The van der Waals surface area contributed by atoms with Crippen molar-refractivity contribution in [3.05, 3.63) is 65.3 Å². The smallest absolute Gasteiger partial charge is 0.316 e. The molecule has 10 heteroatoms. The van der Waals surface area contributed by atoms with Crippen LogP contribution in [-0.4, -0.2) is 24.4 Å². The number of nitrogens with one attached hydrogen (secondary N) is 1. The molecule has 0 aliphatic heterocycles. The second-order valence-corrected chi connectivity index (χ2v) is 9.63. The quantitative estimate of drug-likeness (QED) is 0.552. The molecule has 1 aliphatic carbocycles. The Morgan fingerprint density at radius 3 is 2.33 bits per heavy atom. The maximum absolute atomic E-state index is 13.4. The van der Waals surface area contributed by atoms with Crippen molar-refractivity contribution in [1.29, 1.82) is 0 Å². The lowest BCUT2D eigenvalue weighted by Crippen LogP contribution is -2.23. The van der Waals surface area contributed by atoms with Gasteiger partial charge in [0.2, 0.25) is 0 Å². The highest BCUT2D eigenvalue weighted by Crippen LogP contribution is 2.55. The van der Waals surface area contributed by atoms with Crippen LogP contribution >= 0.6 is 11.6 Å². The summed E-state index contributed by atoms with van der Waals surface area (Å²) in [4.78, 5) is 19.8. The lowest BCUT2D eigenvalue weighted by Gasteiger charge is -2.18. The zero-order valence-electron chi connectivity index (χ0n) is 15.7. The van der Waals surface area contributed by atoms with Crippen LogP contribution in [0.3, 0.4) is 0 Å². The molecule has 0 atom stereocenters. The molecule has 2 aromatic carbocycles. The number of primary amides is 1. The van der Waals surface area contributed by atoms with E-state index in [0.717, 1.165) is 0 Å². The molecule has 8 nitrogen and oxygen atoms in total. The van der Waals surface area contributed by atoms with Gasteiger partial charge in [-0.1, -0.05) is 23.7 Å². The summed E-state index contributed by atoms with van der Waals surface area (Å²) < 4.78 is 25.6. The van der Waals surface area contributed by atoms with Crippen molar-refractivity contribution in [2.45, 2.75) is 22.5 Å². The van der Waals surface area contributed by atoms with Gasteiger partial charge in [0.05, 0.1) is 15.6 Å². The molecule has 0 radical (unpaired) electrons. The molecule has 4 rings (SSSR count). The molecule has 1 heterocycles. The van der Waals surface area contributed by atoms with Crippen LogP contribution in [0, 0.1) is 0 Å². The van der Waals surface area contributed by atoms with Gasteiger partial charge in [0, 0.05) is 17.3 Å². The van der Waals surface area contributed by atoms with E-state index in [1.165, 1.54) is 12.1 Å². The number of halogens is 1. The number of anilines is 2. The van der Waals surface area contributed by atoms with E-state index in [-0.39, 0.29) is 21.6 Å². The number of carbonyl (C=O) groups excluding carboxylic acids is 1. The number of hydrogen-bond acceptors (Lipinski definition) is 6. The van der Waals surface area contributed by atoms with E-state index >= 15 is 0 Å². The minimum atomic E-state index is -3.79. The molecule has 0 unspecified atom stereocenters. The molecule has 2 amide bonds. The lowest BCUT2D eigenvalue weighted by atomic mass is 10.1. The fourth-order valence-corrected chi connectivity index (χ4v) is 5.79. The van der Waals surface area contributed by atoms with Gasteiger partial charge in [-0.15, -0.1) is 0 Å². The maximum atomic E-state index is 13.4. The standard InChI is InChI=1S/C20H18ClN5O3S/c21-14-3-1-2-4-15(14)30(28,29)20(9-10-20)16-11-17(22)26-18(25-16)12-5-7-13(8-6-12)24-19(23)27/h1-8,11H,9-10H2,(H2,22,25,26)(H3,23,24,27).